The van der Waals surface area contributed by atoms with Gasteiger partial charge in [0.1, 0.15) is 23.3 Å². The summed E-state index contributed by atoms with van der Waals surface area (Å²) in [4.78, 5) is 20.5. The maximum Gasteiger partial charge on any atom is 0.248 e. The fraction of sp³-hybridized carbons (Fsp3) is 0.741. The first-order valence-electron chi connectivity index (χ1n) is 13.1. The topological polar surface area (TPSA) is 65.6 Å². The fourth-order valence-electron chi connectivity index (χ4n) is 5.54. The van der Waals surface area contributed by atoms with E-state index in [1.54, 1.807) is 11.4 Å². The van der Waals surface area contributed by atoms with Crippen molar-refractivity contribution in [2.45, 2.75) is 69.0 Å². The van der Waals surface area contributed by atoms with Crippen LogP contribution in [0.3, 0.4) is 0 Å². The smallest absolute Gasteiger partial charge is 0.248 e. The van der Waals surface area contributed by atoms with Crippen molar-refractivity contribution in [3.8, 4) is 5.75 Å². The number of nitrogens with zero attached hydrogens (tertiary/aromatic N) is 4. The lowest BCUT2D eigenvalue weighted by Gasteiger charge is -2.39. The molecule has 0 N–H and O–H groups in total. The molecule has 0 aromatic heterocycles. The van der Waals surface area contributed by atoms with Crippen molar-refractivity contribution in [3.63, 3.8) is 0 Å². The SMILES string of the molecule is COc1cc(C)c(S(=O)N(C)CCOCC(=O)N(C)[C@H]2CCCC(N3CCC(N(C)C)C3)C2)c(C)c1. The second kappa shape index (κ2) is 13.3. The Morgan fingerprint density at radius 1 is 1.08 bits per heavy atom. The Morgan fingerprint density at radius 2 is 1.78 bits per heavy atom. The molecule has 3 unspecified atom stereocenters. The Hall–Kier alpha value is -1.52. The monoisotopic (exact) mass is 522 g/mol. The molecule has 204 valence electrons. The molecule has 1 aliphatic carbocycles. The van der Waals surface area contributed by atoms with Gasteiger partial charge >= 0.3 is 0 Å². The van der Waals surface area contributed by atoms with E-state index in [-0.39, 0.29) is 18.6 Å². The average Bonchev–Trinajstić information content (AvgIpc) is 3.36. The zero-order chi connectivity index (χ0) is 26.4. The lowest BCUT2D eigenvalue weighted by atomic mass is 9.89. The van der Waals surface area contributed by atoms with Gasteiger partial charge in [0.05, 0.1) is 18.6 Å². The molecule has 1 aromatic carbocycles. The van der Waals surface area contributed by atoms with Crippen LogP contribution in [0, 0.1) is 13.8 Å². The van der Waals surface area contributed by atoms with Gasteiger partial charge < -0.3 is 19.3 Å². The molecule has 1 amide bonds. The Kier molecular flexibility index (Phi) is 10.8. The lowest BCUT2D eigenvalue weighted by molar-refractivity contribution is -0.137. The molecular formula is C27H46N4O4S. The predicted molar refractivity (Wildman–Crippen MR) is 145 cm³/mol. The number of likely N-dealkylation sites (N-methyl/N-ethyl adjacent to an activating group) is 3. The summed E-state index contributed by atoms with van der Waals surface area (Å²) in [7, 11) is 8.40. The number of hydrogen-bond donors (Lipinski definition) is 0. The molecule has 1 saturated carbocycles. The van der Waals surface area contributed by atoms with Gasteiger partial charge in [-0.2, -0.15) is 0 Å². The average molecular weight is 523 g/mol. The summed E-state index contributed by atoms with van der Waals surface area (Å²) in [5.74, 6) is 0.792. The summed E-state index contributed by atoms with van der Waals surface area (Å²) in [6, 6.07) is 5.29. The van der Waals surface area contributed by atoms with Crippen molar-refractivity contribution < 1.29 is 18.5 Å². The molecule has 9 heteroatoms. The van der Waals surface area contributed by atoms with Gasteiger partial charge in [0.15, 0.2) is 0 Å². The molecular weight excluding hydrogens is 476 g/mol. The highest BCUT2D eigenvalue weighted by atomic mass is 32.2. The minimum atomic E-state index is -1.30. The van der Waals surface area contributed by atoms with E-state index in [0.717, 1.165) is 54.1 Å². The molecule has 0 radical (unpaired) electrons. The van der Waals surface area contributed by atoms with Gasteiger partial charge in [-0.05, 0) is 83.3 Å². The summed E-state index contributed by atoms with van der Waals surface area (Å²) in [6.07, 6.45) is 5.73. The Balaban J connectivity index is 1.42. The summed E-state index contributed by atoms with van der Waals surface area (Å²) in [5, 5.41) is 0. The molecule has 1 aromatic rings. The van der Waals surface area contributed by atoms with Crippen LogP contribution in [0.25, 0.3) is 0 Å². The van der Waals surface area contributed by atoms with Crippen molar-refractivity contribution in [1.29, 1.82) is 0 Å². The van der Waals surface area contributed by atoms with Crippen LogP contribution < -0.4 is 4.74 Å². The number of methoxy groups -OCH3 is 1. The number of hydrogen-bond acceptors (Lipinski definition) is 6. The Labute approximate surface area is 220 Å². The van der Waals surface area contributed by atoms with Gasteiger partial charge in [-0.25, -0.2) is 8.51 Å². The number of rotatable bonds is 11. The summed E-state index contributed by atoms with van der Waals surface area (Å²) in [6.45, 7) is 7.07. The molecule has 2 fully saturated rings. The molecule has 1 heterocycles. The highest BCUT2D eigenvalue weighted by Gasteiger charge is 2.34. The molecule has 0 spiro atoms. The highest BCUT2D eigenvalue weighted by Crippen LogP contribution is 2.29. The Morgan fingerprint density at radius 3 is 2.39 bits per heavy atom. The summed E-state index contributed by atoms with van der Waals surface area (Å²) >= 11 is 0. The van der Waals surface area contributed by atoms with Crippen molar-refractivity contribution in [3.05, 3.63) is 23.3 Å². The molecule has 8 nitrogen and oxygen atoms in total. The van der Waals surface area contributed by atoms with E-state index in [2.05, 4.69) is 23.9 Å². The maximum absolute atomic E-state index is 13.1. The van der Waals surface area contributed by atoms with E-state index in [4.69, 9.17) is 9.47 Å². The number of amides is 1. The van der Waals surface area contributed by atoms with E-state index in [1.807, 2.05) is 45.0 Å². The first-order valence-corrected chi connectivity index (χ1v) is 14.2. The van der Waals surface area contributed by atoms with E-state index >= 15 is 0 Å². The van der Waals surface area contributed by atoms with Gasteiger partial charge in [-0.15, -0.1) is 0 Å². The van der Waals surface area contributed by atoms with Gasteiger partial charge in [0.25, 0.3) is 0 Å². The number of carbonyl (C=O) groups is 1. The van der Waals surface area contributed by atoms with Crippen molar-refractivity contribution in [2.24, 2.45) is 0 Å². The van der Waals surface area contributed by atoms with Gasteiger partial charge in [0, 0.05) is 51.9 Å². The third-order valence-corrected chi connectivity index (χ3v) is 9.65. The first kappa shape index (κ1) is 29.0. The molecule has 0 bridgehead atoms. The predicted octanol–water partition coefficient (Wildman–Crippen LogP) is 2.69. The quantitative estimate of drug-likeness (QED) is 0.417. The fourth-order valence-corrected chi connectivity index (χ4v) is 6.76. The maximum atomic E-state index is 13.1. The lowest BCUT2D eigenvalue weighted by Crippen LogP contribution is -2.47. The molecule has 4 atom stereocenters. The van der Waals surface area contributed by atoms with E-state index < -0.39 is 11.0 Å². The van der Waals surface area contributed by atoms with E-state index in [9.17, 15) is 9.00 Å². The van der Waals surface area contributed by atoms with E-state index in [1.165, 1.54) is 12.8 Å². The van der Waals surface area contributed by atoms with Crippen molar-refractivity contribution in [2.75, 3.05) is 68.1 Å². The second-order valence-corrected chi connectivity index (χ2v) is 12.2. The standard InChI is InChI=1S/C27H46N4O4S/c1-20-15-25(34-7)16-21(2)27(20)36(33)29(5)13-14-35-19-26(32)30(6)22-9-8-10-23(17-22)31-12-11-24(18-31)28(3)4/h15-16,22-24H,8-14,17-19H2,1-7H3/t22-,23?,24?,36?/m0/s1. The molecule has 1 saturated heterocycles. The number of aryl methyl sites for hydroxylation is 2. The minimum Gasteiger partial charge on any atom is -0.497 e. The molecule has 3 rings (SSSR count). The van der Waals surface area contributed by atoms with E-state index in [0.29, 0.717) is 25.2 Å². The minimum absolute atomic E-state index is 0.0267. The molecule has 2 aliphatic rings. The van der Waals surface area contributed by atoms with Gasteiger partial charge in [-0.1, -0.05) is 0 Å². The summed E-state index contributed by atoms with van der Waals surface area (Å²) < 4.78 is 25.9. The summed E-state index contributed by atoms with van der Waals surface area (Å²) in [5.41, 5.74) is 1.87. The van der Waals surface area contributed by atoms with Crippen LogP contribution in [-0.2, 0) is 20.5 Å². The largest absolute Gasteiger partial charge is 0.497 e. The number of benzene rings is 1. The normalized spacial score (nSPS) is 23.9. The van der Waals surface area contributed by atoms with Crippen molar-refractivity contribution in [1.82, 2.24) is 19.0 Å². The van der Waals surface area contributed by atoms with Crippen LogP contribution in [-0.4, -0.2) is 115 Å². The van der Waals surface area contributed by atoms with Crippen LogP contribution >= 0.6 is 0 Å². The van der Waals surface area contributed by atoms with Crippen LogP contribution in [0.2, 0.25) is 0 Å². The molecule has 1 aliphatic heterocycles. The van der Waals surface area contributed by atoms with Gasteiger partial charge in [-0.3, -0.25) is 9.69 Å². The number of carbonyl (C=O) groups excluding carboxylic acids is 1. The van der Waals surface area contributed by atoms with Crippen LogP contribution in [0.5, 0.6) is 5.75 Å². The number of likely N-dealkylation sites (tertiary alicyclic amines) is 1. The van der Waals surface area contributed by atoms with Crippen LogP contribution in [0.1, 0.15) is 43.2 Å². The number of ether oxygens (including phenoxy) is 2. The first-order chi connectivity index (χ1) is 17.1. The third kappa shape index (κ3) is 7.28. The highest BCUT2D eigenvalue weighted by molar-refractivity contribution is 7.82. The van der Waals surface area contributed by atoms with Crippen molar-refractivity contribution >= 4 is 16.9 Å². The zero-order valence-electron chi connectivity index (χ0n) is 23.3. The molecule has 36 heavy (non-hydrogen) atoms. The van der Waals surface area contributed by atoms with Gasteiger partial charge in [0.2, 0.25) is 5.91 Å². The van der Waals surface area contributed by atoms with Crippen LogP contribution in [0.15, 0.2) is 17.0 Å². The third-order valence-electron chi connectivity index (χ3n) is 7.90. The zero-order valence-corrected chi connectivity index (χ0v) is 24.1. The van der Waals surface area contributed by atoms with Crippen LogP contribution in [0.4, 0.5) is 0 Å². The Bertz CT molecular complexity index is 889. The second-order valence-electron chi connectivity index (χ2n) is 10.6.